The van der Waals surface area contributed by atoms with Crippen LogP contribution >= 0.6 is 11.9 Å². The summed E-state index contributed by atoms with van der Waals surface area (Å²) in [5, 5.41) is 0. The monoisotopic (exact) mass is 536 g/mol. The van der Waals surface area contributed by atoms with E-state index in [4.69, 9.17) is 0 Å². The van der Waals surface area contributed by atoms with Crippen LogP contribution in [0.4, 0.5) is 22.0 Å². The molecule has 0 aliphatic carbocycles. The van der Waals surface area contributed by atoms with Gasteiger partial charge in [-0.1, -0.05) is 25.8 Å². The van der Waals surface area contributed by atoms with Crippen molar-refractivity contribution in [3.8, 4) is 0 Å². The Kier molecular flexibility index (Phi) is 12.7. The minimum atomic E-state index is -4.44. The Labute approximate surface area is 211 Å². The lowest BCUT2D eigenvalue weighted by Crippen LogP contribution is -2.30. The maximum atomic E-state index is 14.1. The lowest BCUT2D eigenvalue weighted by molar-refractivity contribution is -0.137. The summed E-state index contributed by atoms with van der Waals surface area (Å²) in [6, 6.07) is 7.59. The van der Waals surface area contributed by atoms with Crippen LogP contribution in [0.15, 0.2) is 47.4 Å². The highest BCUT2D eigenvalue weighted by Crippen LogP contribution is 2.29. The minimum absolute atomic E-state index is 0.123. The van der Waals surface area contributed by atoms with E-state index >= 15 is 0 Å². The lowest BCUT2D eigenvalue weighted by Gasteiger charge is -2.21. The summed E-state index contributed by atoms with van der Waals surface area (Å²) in [5.74, 6) is 0.107. The molecule has 0 bridgehead atoms. The molecule has 2 atom stereocenters. The average Bonchev–Trinajstić information content (AvgIpc) is 2.83. The molecular weight excluding hydrogens is 503 g/mol. The van der Waals surface area contributed by atoms with Crippen LogP contribution < -0.4 is 4.72 Å². The Morgan fingerprint density at radius 1 is 1.03 bits per heavy atom. The zero-order valence-corrected chi connectivity index (χ0v) is 21.7. The van der Waals surface area contributed by atoms with Crippen LogP contribution in [-0.4, -0.2) is 46.3 Å². The Morgan fingerprint density at radius 2 is 1.74 bits per heavy atom. The first-order valence-electron chi connectivity index (χ1n) is 11.7. The summed E-state index contributed by atoms with van der Waals surface area (Å²) in [7, 11) is -1.47. The number of alkyl halides is 3. The SMILES string of the molecule is CCCN(CC)CCSNC(CCc1cc(F)ccc1F)CCS(=O)c1ccc(C(F)(F)F)cc1. The van der Waals surface area contributed by atoms with Crippen LogP contribution in [0.3, 0.4) is 0 Å². The van der Waals surface area contributed by atoms with Crippen LogP contribution in [-0.2, 0) is 23.4 Å². The highest BCUT2D eigenvalue weighted by Gasteiger charge is 2.30. The van der Waals surface area contributed by atoms with E-state index in [1.54, 1.807) is 11.9 Å². The van der Waals surface area contributed by atoms with E-state index in [0.717, 1.165) is 56.1 Å². The molecule has 10 heteroatoms. The molecule has 2 aromatic carbocycles. The van der Waals surface area contributed by atoms with E-state index in [1.165, 1.54) is 18.2 Å². The van der Waals surface area contributed by atoms with E-state index in [-0.39, 0.29) is 17.4 Å². The summed E-state index contributed by atoms with van der Waals surface area (Å²) in [5.41, 5.74) is -0.499. The van der Waals surface area contributed by atoms with Crippen LogP contribution in [0, 0.1) is 11.6 Å². The van der Waals surface area contributed by atoms with Crippen molar-refractivity contribution in [1.82, 2.24) is 9.62 Å². The van der Waals surface area contributed by atoms with E-state index in [9.17, 15) is 26.2 Å². The highest BCUT2D eigenvalue weighted by atomic mass is 32.2. The molecule has 3 nitrogen and oxygen atoms in total. The highest BCUT2D eigenvalue weighted by molar-refractivity contribution is 7.97. The number of benzene rings is 2. The van der Waals surface area contributed by atoms with Crippen molar-refractivity contribution >= 4 is 22.7 Å². The normalized spacial score (nSPS) is 13.8. The van der Waals surface area contributed by atoms with Crippen LogP contribution in [0.25, 0.3) is 0 Å². The summed E-state index contributed by atoms with van der Waals surface area (Å²) >= 11 is 1.54. The number of aryl methyl sites for hydroxylation is 1. The van der Waals surface area contributed by atoms with Crippen molar-refractivity contribution < 1.29 is 26.2 Å². The minimum Gasteiger partial charge on any atom is -0.303 e. The van der Waals surface area contributed by atoms with Gasteiger partial charge in [-0.25, -0.2) is 8.78 Å². The molecule has 0 aliphatic rings. The van der Waals surface area contributed by atoms with Gasteiger partial charge in [0.1, 0.15) is 11.6 Å². The molecule has 0 saturated carbocycles. The standard InChI is InChI=1S/C25H33F5N2OS2/c1-3-14-32(4-2)15-16-34-31-22(9-5-19-18-21(26)8-12-24(19)27)13-17-35(33)23-10-6-20(7-11-23)25(28,29)30/h6-8,10-12,18,22,31H,3-5,9,13-17H2,1-2H3. The lowest BCUT2D eigenvalue weighted by atomic mass is 10.0. The Hall–Kier alpha value is -1.49. The largest absolute Gasteiger partial charge is 0.416 e. The first kappa shape index (κ1) is 29.7. The van der Waals surface area contributed by atoms with E-state index in [2.05, 4.69) is 23.5 Å². The molecule has 0 aliphatic heterocycles. The smallest absolute Gasteiger partial charge is 0.303 e. The fourth-order valence-electron chi connectivity index (χ4n) is 3.59. The van der Waals surface area contributed by atoms with Gasteiger partial charge in [0.25, 0.3) is 0 Å². The van der Waals surface area contributed by atoms with Crippen molar-refractivity contribution in [1.29, 1.82) is 0 Å². The van der Waals surface area contributed by atoms with Gasteiger partial charge in [-0.3, -0.25) is 8.93 Å². The van der Waals surface area contributed by atoms with Crippen molar-refractivity contribution in [3.05, 3.63) is 65.2 Å². The van der Waals surface area contributed by atoms with Crippen LogP contribution in [0.5, 0.6) is 0 Å². The van der Waals surface area contributed by atoms with Gasteiger partial charge in [-0.05, 0) is 86.8 Å². The van der Waals surface area contributed by atoms with Crippen molar-refractivity contribution in [3.63, 3.8) is 0 Å². The molecular formula is C25H33F5N2OS2. The number of halogens is 5. The van der Waals surface area contributed by atoms with Crippen LogP contribution in [0.2, 0.25) is 0 Å². The van der Waals surface area contributed by atoms with Gasteiger partial charge in [-0.2, -0.15) is 13.2 Å². The van der Waals surface area contributed by atoms with Gasteiger partial charge in [-0.15, -0.1) is 0 Å². The van der Waals surface area contributed by atoms with Gasteiger partial charge in [0.2, 0.25) is 0 Å². The molecule has 0 saturated heterocycles. The average molecular weight is 537 g/mol. The number of hydrogen-bond donors (Lipinski definition) is 1. The summed E-state index contributed by atoms with van der Waals surface area (Å²) in [4.78, 5) is 2.67. The fourth-order valence-corrected chi connectivity index (χ4v) is 5.70. The van der Waals surface area contributed by atoms with E-state index < -0.39 is 34.2 Å². The zero-order valence-electron chi connectivity index (χ0n) is 20.0. The molecule has 2 unspecified atom stereocenters. The number of nitrogens with zero attached hydrogens (tertiary/aromatic N) is 1. The van der Waals surface area contributed by atoms with Gasteiger partial charge >= 0.3 is 6.18 Å². The zero-order chi connectivity index (χ0) is 25.8. The van der Waals surface area contributed by atoms with Crippen molar-refractivity contribution in [2.75, 3.05) is 31.1 Å². The maximum absolute atomic E-state index is 14.1. The van der Waals surface area contributed by atoms with Crippen molar-refractivity contribution in [2.45, 2.75) is 56.6 Å². The topological polar surface area (TPSA) is 32.3 Å². The fraction of sp³-hybridized carbons (Fsp3) is 0.520. The predicted octanol–water partition coefficient (Wildman–Crippen LogP) is 6.45. The second-order valence-corrected chi connectivity index (χ2v) is 10.7. The molecule has 1 N–H and O–H groups in total. The molecule has 2 rings (SSSR count). The third-order valence-electron chi connectivity index (χ3n) is 5.61. The molecule has 0 heterocycles. The second kappa shape index (κ2) is 14.9. The summed E-state index contributed by atoms with van der Waals surface area (Å²) < 4.78 is 82.0. The quantitative estimate of drug-likeness (QED) is 0.161. The van der Waals surface area contributed by atoms with Gasteiger partial charge in [0.15, 0.2) is 0 Å². The number of hydrogen-bond acceptors (Lipinski definition) is 4. The number of nitrogens with one attached hydrogen (secondary N) is 1. The molecule has 0 amide bonds. The first-order chi connectivity index (χ1) is 16.6. The Balaban J connectivity index is 1.96. The predicted molar refractivity (Wildman–Crippen MR) is 134 cm³/mol. The molecule has 196 valence electrons. The molecule has 0 spiro atoms. The number of rotatable bonds is 15. The molecule has 35 heavy (non-hydrogen) atoms. The van der Waals surface area contributed by atoms with Gasteiger partial charge in [0, 0.05) is 29.0 Å². The summed E-state index contributed by atoms with van der Waals surface area (Å²) in [6.45, 7) is 7.13. The molecule has 2 aromatic rings. The summed E-state index contributed by atoms with van der Waals surface area (Å²) in [6.07, 6.45) is -2.08. The van der Waals surface area contributed by atoms with E-state index in [0.29, 0.717) is 24.2 Å². The molecule has 0 fully saturated rings. The van der Waals surface area contributed by atoms with Crippen LogP contribution in [0.1, 0.15) is 44.2 Å². The molecule has 0 radical (unpaired) electrons. The Morgan fingerprint density at radius 3 is 2.37 bits per heavy atom. The third kappa shape index (κ3) is 10.6. The molecule has 0 aromatic heterocycles. The van der Waals surface area contributed by atoms with Gasteiger partial charge in [0.05, 0.1) is 16.4 Å². The first-order valence-corrected chi connectivity index (χ1v) is 14.0. The van der Waals surface area contributed by atoms with Gasteiger partial charge < -0.3 is 4.90 Å². The van der Waals surface area contributed by atoms with Crippen molar-refractivity contribution in [2.24, 2.45) is 0 Å². The van der Waals surface area contributed by atoms with E-state index in [1.807, 2.05) is 0 Å². The third-order valence-corrected chi connectivity index (χ3v) is 7.90. The Bertz CT molecular complexity index is 925. The second-order valence-electron chi connectivity index (χ2n) is 8.23. The maximum Gasteiger partial charge on any atom is 0.416 e.